The van der Waals surface area contributed by atoms with Crippen LogP contribution in [0.1, 0.15) is 27.8 Å². The van der Waals surface area contributed by atoms with Crippen LogP contribution in [0.25, 0.3) is 0 Å². The minimum atomic E-state index is -0.300. The first-order valence-corrected chi connectivity index (χ1v) is 8.00. The van der Waals surface area contributed by atoms with E-state index >= 15 is 0 Å². The third-order valence-electron chi connectivity index (χ3n) is 3.91. The molecule has 2 aromatic rings. The van der Waals surface area contributed by atoms with Gasteiger partial charge >= 0.3 is 5.91 Å². The van der Waals surface area contributed by atoms with E-state index in [1.165, 1.54) is 4.90 Å². The molecule has 1 aliphatic heterocycles. The van der Waals surface area contributed by atoms with Crippen LogP contribution < -0.4 is 0 Å². The summed E-state index contributed by atoms with van der Waals surface area (Å²) in [6, 6.07) is 5.56. The number of likely N-dealkylation sites (N-methyl/N-ethyl adjacent to an activating group) is 1. The summed E-state index contributed by atoms with van der Waals surface area (Å²) < 4.78 is 5.60. The fraction of sp³-hybridized carbons (Fsp3) is 0.412. The maximum absolute atomic E-state index is 12.5. The predicted octanol–water partition coefficient (Wildman–Crippen LogP) is 0.746. The molecule has 0 saturated heterocycles. The molecule has 25 heavy (non-hydrogen) atoms. The highest BCUT2D eigenvalue weighted by Gasteiger charge is 2.31. The predicted molar refractivity (Wildman–Crippen MR) is 89.3 cm³/mol. The van der Waals surface area contributed by atoms with E-state index in [1.54, 1.807) is 18.1 Å². The third-order valence-corrected chi connectivity index (χ3v) is 3.91. The standard InChI is InChI=1S/C17H21N5O3/c1-20(2)11-15(23)22-9-13-14(10-22)25-16(19-13)17(24)21(3)8-12-6-4-5-7-18-12/h4-7H,8-11H2,1-3H3. The lowest BCUT2D eigenvalue weighted by molar-refractivity contribution is -0.132. The molecule has 0 spiro atoms. The summed E-state index contributed by atoms with van der Waals surface area (Å²) in [5.74, 6) is 0.356. The zero-order valence-corrected chi connectivity index (χ0v) is 14.6. The number of rotatable bonds is 5. The van der Waals surface area contributed by atoms with Gasteiger partial charge in [-0.1, -0.05) is 6.07 Å². The summed E-state index contributed by atoms with van der Waals surface area (Å²) in [5, 5.41) is 0. The summed E-state index contributed by atoms with van der Waals surface area (Å²) in [4.78, 5) is 38.0. The molecule has 0 aromatic carbocycles. The van der Waals surface area contributed by atoms with Crippen LogP contribution in [0, 0.1) is 0 Å². The summed E-state index contributed by atoms with van der Waals surface area (Å²) in [6.45, 7) is 1.44. The molecule has 0 N–H and O–H groups in total. The molecule has 1 aliphatic rings. The number of hydrogen-bond donors (Lipinski definition) is 0. The third kappa shape index (κ3) is 3.85. The van der Waals surface area contributed by atoms with Gasteiger partial charge in [0.05, 0.1) is 31.9 Å². The van der Waals surface area contributed by atoms with Crippen molar-refractivity contribution < 1.29 is 14.0 Å². The Morgan fingerprint density at radius 2 is 2.04 bits per heavy atom. The molecule has 0 fully saturated rings. The molecular weight excluding hydrogens is 322 g/mol. The first-order chi connectivity index (χ1) is 11.9. The zero-order valence-electron chi connectivity index (χ0n) is 14.6. The molecule has 0 unspecified atom stereocenters. The first kappa shape index (κ1) is 17.1. The van der Waals surface area contributed by atoms with Gasteiger partial charge in [0.2, 0.25) is 5.91 Å². The minimum Gasteiger partial charge on any atom is -0.435 e. The molecule has 8 heteroatoms. The maximum atomic E-state index is 12.5. The van der Waals surface area contributed by atoms with E-state index in [0.717, 1.165) is 5.69 Å². The number of aromatic nitrogens is 2. The van der Waals surface area contributed by atoms with Gasteiger partial charge in [0.25, 0.3) is 5.89 Å². The number of carbonyl (C=O) groups excluding carboxylic acids is 2. The summed E-state index contributed by atoms with van der Waals surface area (Å²) >= 11 is 0. The molecule has 0 saturated carbocycles. The first-order valence-electron chi connectivity index (χ1n) is 8.00. The highest BCUT2D eigenvalue weighted by atomic mass is 16.4. The lowest BCUT2D eigenvalue weighted by Crippen LogP contribution is -2.34. The molecule has 8 nitrogen and oxygen atoms in total. The van der Waals surface area contributed by atoms with Crippen molar-refractivity contribution in [2.24, 2.45) is 0 Å². The highest BCUT2D eigenvalue weighted by molar-refractivity contribution is 5.89. The van der Waals surface area contributed by atoms with Crippen molar-refractivity contribution in [3.05, 3.63) is 47.4 Å². The SMILES string of the molecule is CN(C)CC(=O)N1Cc2nc(C(=O)N(C)Cc3ccccn3)oc2C1. The minimum absolute atomic E-state index is 0.0124. The Hall–Kier alpha value is -2.74. The van der Waals surface area contributed by atoms with Crippen LogP contribution in [0.5, 0.6) is 0 Å². The van der Waals surface area contributed by atoms with E-state index in [2.05, 4.69) is 9.97 Å². The van der Waals surface area contributed by atoms with E-state index in [-0.39, 0.29) is 17.7 Å². The second-order valence-electron chi connectivity index (χ2n) is 6.36. The molecule has 0 radical (unpaired) electrons. The second-order valence-corrected chi connectivity index (χ2v) is 6.36. The largest absolute Gasteiger partial charge is 0.435 e. The molecule has 0 bridgehead atoms. The van der Waals surface area contributed by atoms with Crippen LogP contribution in [0.2, 0.25) is 0 Å². The van der Waals surface area contributed by atoms with E-state index in [9.17, 15) is 9.59 Å². The Morgan fingerprint density at radius 3 is 2.68 bits per heavy atom. The average molecular weight is 343 g/mol. The van der Waals surface area contributed by atoms with Gasteiger partial charge in [0.1, 0.15) is 11.5 Å². The second kappa shape index (κ2) is 7.02. The molecule has 3 rings (SSSR count). The van der Waals surface area contributed by atoms with Crippen LogP contribution in [0.15, 0.2) is 28.8 Å². The fourth-order valence-corrected chi connectivity index (χ4v) is 2.65. The van der Waals surface area contributed by atoms with Gasteiger partial charge in [-0.3, -0.25) is 14.6 Å². The monoisotopic (exact) mass is 343 g/mol. The fourth-order valence-electron chi connectivity index (χ4n) is 2.65. The number of amides is 2. The molecule has 0 aliphatic carbocycles. The van der Waals surface area contributed by atoms with Crippen molar-refractivity contribution in [1.29, 1.82) is 0 Å². The van der Waals surface area contributed by atoms with Crippen molar-refractivity contribution in [3.63, 3.8) is 0 Å². The quantitative estimate of drug-likeness (QED) is 0.796. The summed E-state index contributed by atoms with van der Waals surface area (Å²) in [7, 11) is 5.37. The summed E-state index contributed by atoms with van der Waals surface area (Å²) in [5.41, 5.74) is 1.44. The zero-order chi connectivity index (χ0) is 18.0. The number of oxazole rings is 1. The van der Waals surface area contributed by atoms with Gasteiger partial charge in [-0.15, -0.1) is 0 Å². The van der Waals surface area contributed by atoms with Gasteiger partial charge in [0.15, 0.2) is 0 Å². The van der Waals surface area contributed by atoms with Gasteiger partial charge in [-0.2, -0.15) is 0 Å². The van der Waals surface area contributed by atoms with Gasteiger partial charge in [-0.25, -0.2) is 4.98 Å². The Balaban J connectivity index is 1.63. The molecule has 3 heterocycles. The lowest BCUT2D eigenvalue weighted by atomic mass is 10.3. The van der Waals surface area contributed by atoms with E-state index < -0.39 is 0 Å². The topological polar surface area (TPSA) is 82.8 Å². The van der Waals surface area contributed by atoms with Crippen LogP contribution >= 0.6 is 0 Å². The Bertz CT molecular complexity index is 748. The number of nitrogens with zero attached hydrogens (tertiary/aromatic N) is 5. The van der Waals surface area contributed by atoms with E-state index in [0.29, 0.717) is 37.6 Å². The molecule has 2 aromatic heterocycles. The number of fused-ring (bicyclic) bond motifs is 1. The Labute approximate surface area is 146 Å². The molecule has 132 valence electrons. The van der Waals surface area contributed by atoms with E-state index in [1.807, 2.05) is 37.2 Å². The van der Waals surface area contributed by atoms with Gasteiger partial charge in [0, 0.05) is 13.2 Å². The van der Waals surface area contributed by atoms with Crippen LogP contribution in [-0.4, -0.2) is 64.2 Å². The highest BCUT2D eigenvalue weighted by Crippen LogP contribution is 2.24. The average Bonchev–Trinajstić information content (AvgIpc) is 3.13. The van der Waals surface area contributed by atoms with Crippen molar-refractivity contribution in [3.8, 4) is 0 Å². The number of pyridine rings is 1. The Morgan fingerprint density at radius 1 is 1.24 bits per heavy atom. The van der Waals surface area contributed by atoms with Crippen LogP contribution in [0.3, 0.4) is 0 Å². The number of hydrogen-bond acceptors (Lipinski definition) is 6. The van der Waals surface area contributed by atoms with Crippen molar-refractivity contribution in [1.82, 2.24) is 24.7 Å². The van der Waals surface area contributed by atoms with Gasteiger partial charge < -0.3 is 19.1 Å². The Kier molecular flexibility index (Phi) is 4.80. The smallest absolute Gasteiger partial charge is 0.309 e. The molecular formula is C17H21N5O3. The van der Waals surface area contributed by atoms with E-state index in [4.69, 9.17) is 4.42 Å². The van der Waals surface area contributed by atoms with Crippen molar-refractivity contribution >= 4 is 11.8 Å². The van der Waals surface area contributed by atoms with Gasteiger partial charge in [-0.05, 0) is 26.2 Å². The lowest BCUT2D eigenvalue weighted by Gasteiger charge is -2.18. The van der Waals surface area contributed by atoms with Crippen molar-refractivity contribution in [2.45, 2.75) is 19.6 Å². The number of carbonyl (C=O) groups is 2. The molecule has 2 amide bonds. The van der Waals surface area contributed by atoms with Crippen LogP contribution in [-0.2, 0) is 24.4 Å². The normalized spacial score (nSPS) is 13.2. The molecule has 0 atom stereocenters. The summed E-state index contributed by atoms with van der Waals surface area (Å²) in [6.07, 6.45) is 1.69. The maximum Gasteiger partial charge on any atom is 0.309 e. The van der Waals surface area contributed by atoms with Crippen molar-refractivity contribution in [2.75, 3.05) is 27.7 Å². The van der Waals surface area contributed by atoms with Crippen LogP contribution in [0.4, 0.5) is 0 Å².